The van der Waals surface area contributed by atoms with Crippen LogP contribution >= 0.6 is 12.6 Å². The zero-order valence-corrected chi connectivity index (χ0v) is 11.0. The molecule has 1 aromatic carbocycles. The van der Waals surface area contributed by atoms with Crippen molar-refractivity contribution >= 4 is 24.2 Å². The number of rotatable bonds is 5. The monoisotopic (exact) mass is 275 g/mol. The van der Waals surface area contributed by atoms with Crippen molar-refractivity contribution in [1.82, 2.24) is 9.97 Å². The summed E-state index contributed by atoms with van der Waals surface area (Å²) in [6.07, 6.45) is 3.36. The SMILES string of the molecule is O=C(CCS)Nc1cnc(Oc2ccccc2)nc1. The highest BCUT2D eigenvalue weighted by molar-refractivity contribution is 7.80. The molecule has 1 N–H and O–H groups in total. The lowest BCUT2D eigenvalue weighted by Crippen LogP contribution is -2.12. The maximum absolute atomic E-state index is 11.3. The third-order valence-corrected chi connectivity index (χ3v) is 2.43. The average molecular weight is 275 g/mol. The van der Waals surface area contributed by atoms with Gasteiger partial charge in [-0.3, -0.25) is 4.79 Å². The van der Waals surface area contributed by atoms with E-state index >= 15 is 0 Å². The Morgan fingerprint density at radius 3 is 2.53 bits per heavy atom. The number of benzene rings is 1. The second-order valence-corrected chi connectivity index (χ2v) is 4.14. The van der Waals surface area contributed by atoms with Gasteiger partial charge < -0.3 is 10.1 Å². The number of carbonyl (C=O) groups excluding carboxylic acids is 1. The fraction of sp³-hybridized carbons (Fsp3) is 0.154. The summed E-state index contributed by atoms with van der Waals surface area (Å²) in [6, 6.07) is 9.48. The molecule has 0 spiro atoms. The second-order valence-electron chi connectivity index (χ2n) is 3.69. The lowest BCUT2D eigenvalue weighted by molar-refractivity contribution is -0.115. The number of ether oxygens (including phenoxy) is 1. The molecule has 0 aliphatic heterocycles. The summed E-state index contributed by atoms with van der Waals surface area (Å²) in [5.41, 5.74) is 0.534. The lowest BCUT2D eigenvalue weighted by Gasteiger charge is -2.05. The highest BCUT2D eigenvalue weighted by Crippen LogP contribution is 2.17. The minimum atomic E-state index is -0.115. The number of hydrogen-bond acceptors (Lipinski definition) is 5. The molecule has 5 nitrogen and oxygen atoms in total. The summed E-state index contributed by atoms with van der Waals surface area (Å²) >= 11 is 3.99. The molecule has 1 aromatic heterocycles. The van der Waals surface area contributed by atoms with Crippen molar-refractivity contribution in [3.63, 3.8) is 0 Å². The minimum absolute atomic E-state index is 0.115. The molecule has 0 aliphatic carbocycles. The molecule has 0 radical (unpaired) electrons. The Kier molecular flexibility index (Phi) is 4.74. The quantitative estimate of drug-likeness (QED) is 0.823. The van der Waals surface area contributed by atoms with E-state index in [0.29, 0.717) is 23.6 Å². The maximum atomic E-state index is 11.3. The average Bonchev–Trinajstić information content (AvgIpc) is 2.42. The van der Waals surface area contributed by atoms with Gasteiger partial charge in [0, 0.05) is 6.42 Å². The number of nitrogens with zero attached hydrogens (tertiary/aromatic N) is 2. The predicted octanol–water partition coefficient (Wildman–Crippen LogP) is 2.53. The van der Waals surface area contributed by atoms with Gasteiger partial charge in [0.2, 0.25) is 5.91 Å². The van der Waals surface area contributed by atoms with E-state index < -0.39 is 0 Å². The maximum Gasteiger partial charge on any atom is 0.322 e. The van der Waals surface area contributed by atoms with Gasteiger partial charge in [-0.2, -0.15) is 12.6 Å². The van der Waals surface area contributed by atoms with E-state index in [4.69, 9.17) is 4.74 Å². The molecular weight excluding hydrogens is 262 g/mol. The van der Waals surface area contributed by atoms with Crippen molar-refractivity contribution < 1.29 is 9.53 Å². The van der Waals surface area contributed by atoms with Gasteiger partial charge in [-0.25, -0.2) is 9.97 Å². The van der Waals surface area contributed by atoms with Gasteiger partial charge in [0.25, 0.3) is 0 Å². The number of thiol groups is 1. The topological polar surface area (TPSA) is 64.1 Å². The van der Waals surface area contributed by atoms with Crippen LogP contribution in [0.2, 0.25) is 0 Å². The zero-order valence-electron chi connectivity index (χ0n) is 10.1. The molecule has 19 heavy (non-hydrogen) atoms. The Bertz CT molecular complexity index is 531. The fourth-order valence-corrected chi connectivity index (χ4v) is 1.56. The summed E-state index contributed by atoms with van der Waals surface area (Å²) in [7, 11) is 0. The van der Waals surface area contributed by atoms with Gasteiger partial charge in [0.05, 0.1) is 18.1 Å². The van der Waals surface area contributed by atoms with Crippen LogP contribution in [0.4, 0.5) is 5.69 Å². The van der Waals surface area contributed by atoms with Crippen LogP contribution in [0.25, 0.3) is 0 Å². The van der Waals surface area contributed by atoms with Crippen molar-refractivity contribution in [1.29, 1.82) is 0 Å². The molecule has 2 rings (SSSR count). The van der Waals surface area contributed by atoms with Gasteiger partial charge in [0.1, 0.15) is 5.75 Å². The normalized spacial score (nSPS) is 9.95. The van der Waals surface area contributed by atoms with Crippen LogP contribution in [-0.2, 0) is 4.79 Å². The van der Waals surface area contributed by atoms with Crippen molar-refractivity contribution in [3.8, 4) is 11.8 Å². The summed E-state index contributed by atoms with van der Waals surface area (Å²) in [6.45, 7) is 0. The standard InChI is InChI=1S/C13H13N3O2S/c17-12(6-7-19)16-10-8-14-13(15-9-10)18-11-4-2-1-3-5-11/h1-5,8-9,19H,6-7H2,(H,16,17). The van der Waals surface area contributed by atoms with Gasteiger partial charge in [-0.1, -0.05) is 18.2 Å². The van der Waals surface area contributed by atoms with Crippen molar-refractivity contribution in [3.05, 3.63) is 42.7 Å². The van der Waals surface area contributed by atoms with E-state index in [1.807, 2.05) is 30.3 Å². The van der Waals surface area contributed by atoms with E-state index in [9.17, 15) is 4.79 Å². The van der Waals surface area contributed by atoms with Crippen LogP contribution in [0.3, 0.4) is 0 Å². The minimum Gasteiger partial charge on any atom is -0.424 e. The fourth-order valence-electron chi connectivity index (χ4n) is 1.35. The van der Waals surface area contributed by atoms with Crippen molar-refractivity contribution in [2.24, 2.45) is 0 Å². The number of hydrogen-bond donors (Lipinski definition) is 2. The van der Waals surface area contributed by atoms with Gasteiger partial charge >= 0.3 is 6.01 Å². The number of para-hydroxylation sites is 1. The Morgan fingerprint density at radius 1 is 1.21 bits per heavy atom. The molecule has 0 aliphatic rings. The largest absolute Gasteiger partial charge is 0.424 e. The second kappa shape index (κ2) is 6.75. The van der Waals surface area contributed by atoms with Gasteiger partial charge in [-0.05, 0) is 17.9 Å². The molecule has 98 valence electrons. The van der Waals surface area contributed by atoms with Crippen LogP contribution in [0.5, 0.6) is 11.8 Å². The first-order valence-corrected chi connectivity index (χ1v) is 6.37. The molecule has 0 saturated carbocycles. The highest BCUT2D eigenvalue weighted by atomic mass is 32.1. The lowest BCUT2D eigenvalue weighted by atomic mass is 10.3. The molecular formula is C13H13N3O2S. The Hall–Kier alpha value is -2.08. The number of anilines is 1. The molecule has 0 saturated heterocycles. The number of carbonyl (C=O) groups is 1. The van der Waals surface area contributed by atoms with E-state index in [1.165, 1.54) is 12.4 Å². The van der Waals surface area contributed by atoms with E-state index in [-0.39, 0.29) is 11.9 Å². The van der Waals surface area contributed by atoms with Crippen LogP contribution in [0.15, 0.2) is 42.7 Å². The first kappa shape index (κ1) is 13.4. The number of aromatic nitrogens is 2. The van der Waals surface area contributed by atoms with Crippen molar-refractivity contribution in [2.45, 2.75) is 6.42 Å². The molecule has 0 atom stereocenters. The highest BCUT2D eigenvalue weighted by Gasteiger charge is 2.03. The number of nitrogens with one attached hydrogen (secondary N) is 1. The van der Waals surface area contributed by atoms with Gasteiger partial charge in [-0.15, -0.1) is 0 Å². The smallest absolute Gasteiger partial charge is 0.322 e. The third-order valence-electron chi connectivity index (χ3n) is 2.20. The van der Waals surface area contributed by atoms with E-state index in [0.717, 1.165) is 0 Å². The molecule has 0 bridgehead atoms. The third kappa shape index (κ3) is 4.26. The zero-order chi connectivity index (χ0) is 13.5. The predicted molar refractivity (Wildman–Crippen MR) is 75.6 cm³/mol. The first-order valence-electron chi connectivity index (χ1n) is 5.73. The van der Waals surface area contributed by atoms with Crippen LogP contribution in [0, 0.1) is 0 Å². The first-order chi connectivity index (χ1) is 9.28. The Labute approximate surface area is 116 Å². The summed E-state index contributed by atoms with van der Waals surface area (Å²) in [4.78, 5) is 19.4. The molecule has 1 amide bonds. The van der Waals surface area contributed by atoms with Crippen LogP contribution in [0.1, 0.15) is 6.42 Å². The van der Waals surface area contributed by atoms with Crippen LogP contribution < -0.4 is 10.1 Å². The molecule has 6 heteroatoms. The molecule has 0 fully saturated rings. The van der Waals surface area contributed by atoms with Gasteiger partial charge in [0.15, 0.2) is 0 Å². The number of amides is 1. The van der Waals surface area contributed by atoms with E-state index in [2.05, 4.69) is 27.9 Å². The van der Waals surface area contributed by atoms with E-state index in [1.54, 1.807) is 0 Å². The molecule has 0 unspecified atom stereocenters. The Morgan fingerprint density at radius 2 is 1.89 bits per heavy atom. The summed E-state index contributed by atoms with van der Waals surface area (Å²) in [5, 5.41) is 2.67. The Balaban J connectivity index is 1.97. The van der Waals surface area contributed by atoms with Crippen molar-refractivity contribution in [2.75, 3.05) is 11.1 Å². The molecule has 1 heterocycles. The molecule has 2 aromatic rings. The summed E-state index contributed by atoms with van der Waals surface area (Å²) < 4.78 is 5.44. The van der Waals surface area contributed by atoms with Crippen LogP contribution in [-0.4, -0.2) is 21.6 Å². The summed E-state index contributed by atoms with van der Waals surface area (Å²) in [5.74, 6) is 1.05.